The minimum Gasteiger partial charge on any atom is -0.377 e. The van der Waals surface area contributed by atoms with Crippen molar-refractivity contribution in [1.29, 1.82) is 0 Å². The van der Waals surface area contributed by atoms with Gasteiger partial charge in [-0.25, -0.2) is 0 Å². The van der Waals surface area contributed by atoms with Crippen LogP contribution in [0, 0.1) is 5.41 Å². The molecule has 2 N–H and O–H groups in total. The fourth-order valence-corrected chi connectivity index (χ4v) is 3.74. The minimum absolute atomic E-state index is 0.0616. The summed E-state index contributed by atoms with van der Waals surface area (Å²) < 4.78 is 6.04. The molecule has 1 amide bonds. The lowest BCUT2D eigenvalue weighted by atomic mass is 9.76. The summed E-state index contributed by atoms with van der Waals surface area (Å²) in [5, 5.41) is 0.768. The Bertz CT molecular complexity index is 524. The standard InChI is InChI=1S/C17H23ClN2O2/c18-14-3-1-13(2-4-14)9-15-10-17(12-22-15)5-7-20(8-6-17)16(21)11-19/h1-4,15H,5-12,19H2/t15-/m1/s1. The van der Waals surface area contributed by atoms with Crippen molar-refractivity contribution in [2.45, 2.75) is 31.8 Å². The summed E-state index contributed by atoms with van der Waals surface area (Å²) in [6, 6.07) is 8.00. The first-order chi connectivity index (χ1) is 10.6. The normalized spacial score (nSPS) is 23.9. The molecule has 22 heavy (non-hydrogen) atoms. The SMILES string of the molecule is NCC(=O)N1CCC2(CC1)CO[C@H](Cc1ccc(Cl)cc1)C2. The molecule has 0 aliphatic carbocycles. The Balaban J connectivity index is 1.54. The highest BCUT2D eigenvalue weighted by Gasteiger charge is 2.42. The first kappa shape index (κ1) is 15.8. The highest BCUT2D eigenvalue weighted by Crippen LogP contribution is 2.42. The van der Waals surface area contributed by atoms with Crippen LogP contribution in [0.25, 0.3) is 0 Å². The second-order valence-electron chi connectivity index (χ2n) is 6.55. The van der Waals surface area contributed by atoms with Crippen molar-refractivity contribution in [2.24, 2.45) is 11.1 Å². The van der Waals surface area contributed by atoms with Crippen LogP contribution in [0.1, 0.15) is 24.8 Å². The molecule has 1 atom stereocenters. The number of benzene rings is 1. The van der Waals surface area contributed by atoms with E-state index in [1.54, 1.807) is 0 Å². The molecule has 2 saturated heterocycles. The van der Waals surface area contributed by atoms with Crippen molar-refractivity contribution < 1.29 is 9.53 Å². The van der Waals surface area contributed by atoms with Gasteiger partial charge in [0.25, 0.3) is 0 Å². The summed E-state index contributed by atoms with van der Waals surface area (Å²) in [6.07, 6.45) is 4.34. The zero-order valence-corrected chi connectivity index (χ0v) is 13.5. The fourth-order valence-electron chi connectivity index (χ4n) is 3.62. The summed E-state index contributed by atoms with van der Waals surface area (Å²) in [5.41, 5.74) is 6.96. The van der Waals surface area contributed by atoms with Gasteiger partial charge in [-0.2, -0.15) is 0 Å². The van der Waals surface area contributed by atoms with Crippen molar-refractivity contribution in [3.8, 4) is 0 Å². The number of carbonyl (C=O) groups is 1. The molecule has 1 spiro atoms. The summed E-state index contributed by atoms with van der Waals surface area (Å²) in [4.78, 5) is 13.5. The topological polar surface area (TPSA) is 55.6 Å². The second-order valence-corrected chi connectivity index (χ2v) is 6.99. The number of amides is 1. The van der Waals surface area contributed by atoms with E-state index in [4.69, 9.17) is 22.1 Å². The first-order valence-corrected chi connectivity index (χ1v) is 8.32. The highest BCUT2D eigenvalue weighted by atomic mass is 35.5. The third kappa shape index (κ3) is 3.45. The Morgan fingerprint density at radius 1 is 1.32 bits per heavy atom. The lowest BCUT2D eigenvalue weighted by Crippen LogP contribution is -2.45. The number of halogens is 1. The summed E-state index contributed by atoms with van der Waals surface area (Å²) in [7, 11) is 0. The van der Waals surface area contributed by atoms with Gasteiger partial charge in [-0.3, -0.25) is 4.79 Å². The maximum absolute atomic E-state index is 11.7. The fraction of sp³-hybridized carbons (Fsp3) is 0.588. The van der Waals surface area contributed by atoms with Crippen molar-refractivity contribution >= 4 is 17.5 Å². The number of carbonyl (C=O) groups excluding carboxylic acids is 1. The molecular formula is C17H23ClN2O2. The molecule has 2 fully saturated rings. The molecular weight excluding hydrogens is 300 g/mol. The van der Waals surface area contributed by atoms with E-state index in [1.165, 1.54) is 5.56 Å². The molecule has 2 heterocycles. The first-order valence-electron chi connectivity index (χ1n) is 7.94. The molecule has 1 aromatic rings. The molecule has 0 radical (unpaired) electrons. The molecule has 1 aromatic carbocycles. The van der Waals surface area contributed by atoms with E-state index in [0.29, 0.717) is 0 Å². The van der Waals surface area contributed by atoms with E-state index in [2.05, 4.69) is 12.1 Å². The molecule has 2 aliphatic rings. The zero-order chi connectivity index (χ0) is 15.6. The van der Waals surface area contributed by atoms with Gasteiger partial charge in [-0.05, 0) is 48.8 Å². The van der Waals surface area contributed by atoms with E-state index in [9.17, 15) is 4.79 Å². The Hall–Kier alpha value is -1.10. The number of piperidine rings is 1. The van der Waals surface area contributed by atoms with E-state index in [1.807, 2.05) is 17.0 Å². The van der Waals surface area contributed by atoms with Crippen molar-refractivity contribution in [3.05, 3.63) is 34.9 Å². The van der Waals surface area contributed by atoms with Crippen LogP contribution < -0.4 is 5.73 Å². The van der Waals surface area contributed by atoms with E-state index in [0.717, 1.165) is 50.4 Å². The van der Waals surface area contributed by atoms with Gasteiger partial charge in [0.1, 0.15) is 0 Å². The quantitative estimate of drug-likeness (QED) is 0.928. The van der Waals surface area contributed by atoms with Crippen molar-refractivity contribution in [3.63, 3.8) is 0 Å². The third-order valence-corrected chi connectivity index (χ3v) is 5.27. The number of ether oxygens (including phenoxy) is 1. The lowest BCUT2D eigenvalue weighted by Gasteiger charge is -2.38. The number of likely N-dealkylation sites (tertiary alicyclic amines) is 1. The minimum atomic E-state index is 0.0616. The largest absolute Gasteiger partial charge is 0.377 e. The second kappa shape index (κ2) is 6.57. The zero-order valence-electron chi connectivity index (χ0n) is 12.8. The van der Waals surface area contributed by atoms with Crippen LogP contribution in [-0.4, -0.2) is 43.2 Å². The van der Waals surface area contributed by atoms with Gasteiger partial charge in [-0.1, -0.05) is 23.7 Å². The summed E-state index contributed by atoms with van der Waals surface area (Å²) >= 11 is 5.92. The molecule has 5 heteroatoms. The smallest absolute Gasteiger partial charge is 0.236 e. The molecule has 0 saturated carbocycles. The Morgan fingerprint density at radius 2 is 2.00 bits per heavy atom. The Morgan fingerprint density at radius 3 is 2.64 bits per heavy atom. The van der Waals surface area contributed by atoms with Gasteiger partial charge in [0.2, 0.25) is 5.91 Å². The van der Waals surface area contributed by atoms with Gasteiger partial charge in [0.05, 0.1) is 19.3 Å². The number of hydrogen-bond acceptors (Lipinski definition) is 3. The predicted octanol–water partition coefficient (Wildman–Crippen LogP) is 2.24. The van der Waals surface area contributed by atoms with Crippen LogP contribution in [-0.2, 0) is 16.0 Å². The summed E-state index contributed by atoms with van der Waals surface area (Å²) in [5.74, 6) is 0.0616. The van der Waals surface area contributed by atoms with Crippen molar-refractivity contribution in [2.75, 3.05) is 26.2 Å². The lowest BCUT2D eigenvalue weighted by molar-refractivity contribution is -0.132. The van der Waals surface area contributed by atoms with Gasteiger partial charge in [0.15, 0.2) is 0 Å². The summed E-state index contributed by atoms with van der Waals surface area (Å²) in [6.45, 7) is 2.55. The molecule has 3 rings (SSSR count). The molecule has 0 unspecified atom stereocenters. The van der Waals surface area contributed by atoms with E-state index in [-0.39, 0.29) is 24.0 Å². The Labute approximate surface area is 136 Å². The van der Waals surface area contributed by atoms with E-state index < -0.39 is 0 Å². The molecule has 0 aromatic heterocycles. The maximum atomic E-state index is 11.7. The monoisotopic (exact) mass is 322 g/mol. The molecule has 0 bridgehead atoms. The van der Waals surface area contributed by atoms with Gasteiger partial charge in [0, 0.05) is 18.1 Å². The molecule has 2 aliphatic heterocycles. The number of rotatable bonds is 3. The van der Waals surface area contributed by atoms with Crippen LogP contribution in [0.15, 0.2) is 24.3 Å². The predicted molar refractivity (Wildman–Crippen MR) is 86.8 cm³/mol. The Kier molecular flexibility index (Phi) is 4.71. The van der Waals surface area contributed by atoms with Crippen LogP contribution in [0.3, 0.4) is 0 Å². The molecule has 4 nitrogen and oxygen atoms in total. The van der Waals surface area contributed by atoms with Crippen LogP contribution in [0.2, 0.25) is 5.02 Å². The number of nitrogens with two attached hydrogens (primary N) is 1. The number of hydrogen-bond donors (Lipinski definition) is 1. The van der Waals surface area contributed by atoms with E-state index >= 15 is 0 Å². The average Bonchev–Trinajstić information content (AvgIpc) is 2.92. The van der Waals surface area contributed by atoms with Crippen LogP contribution >= 0.6 is 11.6 Å². The van der Waals surface area contributed by atoms with Crippen molar-refractivity contribution in [1.82, 2.24) is 4.90 Å². The van der Waals surface area contributed by atoms with Crippen LogP contribution in [0.5, 0.6) is 0 Å². The van der Waals surface area contributed by atoms with Gasteiger partial charge >= 0.3 is 0 Å². The molecule has 120 valence electrons. The van der Waals surface area contributed by atoms with Crippen LogP contribution in [0.4, 0.5) is 0 Å². The average molecular weight is 323 g/mol. The maximum Gasteiger partial charge on any atom is 0.236 e. The van der Waals surface area contributed by atoms with Gasteiger partial charge < -0.3 is 15.4 Å². The number of nitrogens with zero attached hydrogens (tertiary/aromatic N) is 1. The van der Waals surface area contributed by atoms with Gasteiger partial charge in [-0.15, -0.1) is 0 Å². The third-order valence-electron chi connectivity index (χ3n) is 5.01. The highest BCUT2D eigenvalue weighted by molar-refractivity contribution is 6.30.